The molecule has 4 heterocycles. The third-order valence-corrected chi connectivity index (χ3v) is 17.6. The van der Waals surface area contributed by atoms with Crippen LogP contribution >= 0.6 is 127 Å². The van der Waals surface area contributed by atoms with Crippen molar-refractivity contribution in [1.29, 1.82) is 10.5 Å². The van der Waals surface area contributed by atoms with Crippen LogP contribution in [0.15, 0.2) is 187 Å². The number of hydrogen-bond acceptors (Lipinski definition) is 2. The first kappa shape index (κ1) is 45.1. The van der Waals surface area contributed by atoms with Crippen molar-refractivity contribution in [2.75, 3.05) is 0 Å². The predicted octanol–water partition coefficient (Wildman–Crippen LogP) is 19.8. The van der Waals surface area contributed by atoms with Gasteiger partial charge in [-0.05, 0) is 146 Å². The van der Waals surface area contributed by atoms with Crippen molar-refractivity contribution in [1.82, 2.24) is 18.3 Å². The molecule has 0 amide bonds. The number of fused-ring (bicyclic) bond motifs is 12. The van der Waals surface area contributed by atoms with Crippen LogP contribution in [0.3, 0.4) is 0 Å². The van der Waals surface area contributed by atoms with Crippen LogP contribution in [0.5, 0.6) is 0 Å². The zero-order valence-corrected chi connectivity index (χ0v) is 48.5. The first-order chi connectivity index (χ1) is 33.9. The molecule has 13 rings (SSSR count). The van der Waals surface area contributed by atoms with E-state index in [1.807, 2.05) is 12.1 Å². The van der Waals surface area contributed by atoms with Gasteiger partial charge in [-0.15, -0.1) is 0 Å². The van der Waals surface area contributed by atoms with E-state index in [-0.39, 0.29) is 6.42 Å². The molecule has 1 aliphatic rings. The molecule has 0 saturated heterocycles. The second-order valence-electron chi connectivity index (χ2n) is 17.4. The highest BCUT2D eigenvalue weighted by atomic mass is 79.9. The molecule has 8 aromatic carbocycles. The van der Waals surface area contributed by atoms with E-state index < -0.39 is 5.54 Å². The third kappa shape index (κ3) is 6.57. The SMILES string of the molecule is N#CC1=C(n2c3ccc(Br)cc3c3cc(Br)ccc32)C(n2c3ccc(Br)cc3c3cc(Br)ccc32)=C(n2c3ccc(Br)cc3c3cc(Br)ccc32)C(C#N)(n2c3ccc(Br)cc3c3cc(Br)ccc32)C1. The lowest BCUT2D eigenvalue weighted by atomic mass is 9.80. The van der Waals surface area contributed by atoms with Crippen molar-refractivity contribution >= 4 is 232 Å². The molecule has 336 valence electrons. The van der Waals surface area contributed by atoms with E-state index in [2.05, 4.69) is 291 Å². The fourth-order valence-electron chi connectivity index (χ4n) is 11.0. The second-order valence-corrected chi connectivity index (χ2v) is 24.7. The Morgan fingerprint density at radius 3 is 0.886 bits per heavy atom. The molecule has 0 spiro atoms. The monoisotopic (exact) mass is 1410 g/mol. The summed E-state index contributed by atoms with van der Waals surface area (Å²) in [6, 6.07) is 56.4. The quantitative estimate of drug-likeness (QED) is 0.176. The minimum absolute atomic E-state index is 0.0237. The van der Waals surface area contributed by atoms with E-state index in [1.165, 1.54) is 0 Å². The number of hydrogen-bond donors (Lipinski definition) is 0. The molecule has 1 aliphatic carbocycles. The van der Waals surface area contributed by atoms with Crippen LogP contribution < -0.4 is 0 Å². The smallest absolute Gasteiger partial charge is 0.180 e. The Morgan fingerprint density at radius 2 is 0.600 bits per heavy atom. The Balaban J connectivity index is 1.37. The maximum Gasteiger partial charge on any atom is 0.180 e. The Kier molecular flexibility index (Phi) is 10.7. The molecule has 0 saturated carbocycles. The highest BCUT2D eigenvalue weighted by Gasteiger charge is 2.50. The fraction of sp³-hybridized carbons (Fsp3) is 0.0357. The molecule has 70 heavy (non-hydrogen) atoms. The number of aromatic nitrogens is 4. The zero-order chi connectivity index (χ0) is 48.1. The lowest BCUT2D eigenvalue weighted by Crippen LogP contribution is -2.40. The number of nitriles is 2. The molecule has 0 N–H and O–H groups in total. The molecule has 1 atom stereocenters. The largest absolute Gasteiger partial charge is 0.316 e. The summed E-state index contributed by atoms with van der Waals surface area (Å²) in [6.07, 6.45) is 0.0237. The minimum atomic E-state index is -1.59. The normalized spacial score (nSPS) is 15.6. The van der Waals surface area contributed by atoms with Crippen molar-refractivity contribution in [3.05, 3.63) is 187 Å². The van der Waals surface area contributed by atoms with Gasteiger partial charge in [0.1, 0.15) is 0 Å². The third-order valence-electron chi connectivity index (χ3n) is 13.7. The summed E-state index contributed by atoms with van der Waals surface area (Å²) in [6.45, 7) is 0. The van der Waals surface area contributed by atoms with Gasteiger partial charge in [0.25, 0.3) is 0 Å². The second kappa shape index (κ2) is 16.7. The maximum atomic E-state index is 12.9. The van der Waals surface area contributed by atoms with E-state index in [0.717, 1.165) is 123 Å². The topological polar surface area (TPSA) is 67.3 Å². The van der Waals surface area contributed by atoms with Crippen LogP contribution in [-0.4, -0.2) is 18.3 Å². The Hall–Kier alpha value is -4.74. The molecule has 6 nitrogen and oxygen atoms in total. The van der Waals surface area contributed by atoms with Gasteiger partial charge in [0.2, 0.25) is 0 Å². The van der Waals surface area contributed by atoms with E-state index in [1.54, 1.807) is 0 Å². The first-order valence-electron chi connectivity index (χ1n) is 21.8. The van der Waals surface area contributed by atoms with Crippen LogP contribution in [0.1, 0.15) is 6.42 Å². The van der Waals surface area contributed by atoms with Gasteiger partial charge >= 0.3 is 0 Å². The summed E-state index contributed by atoms with van der Waals surface area (Å²) in [5.41, 5.74) is 8.03. The van der Waals surface area contributed by atoms with Crippen molar-refractivity contribution in [3.8, 4) is 12.1 Å². The molecule has 0 bridgehead atoms. The van der Waals surface area contributed by atoms with Crippen LogP contribution in [0.25, 0.3) is 104 Å². The molecular weight excluding hydrogens is 1400 g/mol. The van der Waals surface area contributed by atoms with Crippen LogP contribution in [0.4, 0.5) is 0 Å². The highest BCUT2D eigenvalue weighted by Crippen LogP contribution is 2.56. The number of nitrogens with zero attached hydrogens (tertiary/aromatic N) is 6. The van der Waals surface area contributed by atoms with E-state index in [0.29, 0.717) is 22.7 Å². The van der Waals surface area contributed by atoms with Gasteiger partial charge in [0, 0.05) is 85.3 Å². The van der Waals surface area contributed by atoms with Gasteiger partial charge in [-0.1, -0.05) is 127 Å². The maximum absolute atomic E-state index is 12.9. The summed E-state index contributed by atoms with van der Waals surface area (Å²) < 4.78 is 16.5. The molecule has 0 fully saturated rings. The summed E-state index contributed by atoms with van der Waals surface area (Å²) in [4.78, 5) is 0. The molecule has 1 unspecified atom stereocenters. The number of halogens is 8. The number of rotatable bonds is 4. The molecule has 0 radical (unpaired) electrons. The Labute approximate surface area is 466 Å². The minimum Gasteiger partial charge on any atom is -0.316 e. The summed E-state index contributed by atoms with van der Waals surface area (Å²) in [5, 5.41) is 32.9. The molecule has 0 aliphatic heterocycles. The Morgan fingerprint density at radius 1 is 0.343 bits per heavy atom. The van der Waals surface area contributed by atoms with Gasteiger partial charge in [0.05, 0.1) is 78.9 Å². The van der Waals surface area contributed by atoms with Gasteiger partial charge < -0.3 is 18.3 Å². The van der Waals surface area contributed by atoms with E-state index >= 15 is 0 Å². The molecule has 12 aromatic rings. The van der Waals surface area contributed by atoms with Gasteiger partial charge in [0.15, 0.2) is 5.54 Å². The summed E-state index contributed by atoms with van der Waals surface area (Å²) in [7, 11) is 0. The average Bonchev–Trinajstić information content (AvgIpc) is 4.04. The first-order valence-corrected chi connectivity index (χ1v) is 28.1. The van der Waals surface area contributed by atoms with Crippen molar-refractivity contribution in [2.45, 2.75) is 12.0 Å². The summed E-state index contributed by atoms with van der Waals surface area (Å²) in [5.74, 6) is 0. The average molecular weight is 1420 g/mol. The zero-order valence-electron chi connectivity index (χ0n) is 35.8. The van der Waals surface area contributed by atoms with E-state index in [4.69, 9.17) is 0 Å². The van der Waals surface area contributed by atoms with Gasteiger partial charge in [-0.3, -0.25) is 0 Å². The van der Waals surface area contributed by atoms with Crippen molar-refractivity contribution in [3.63, 3.8) is 0 Å². The summed E-state index contributed by atoms with van der Waals surface area (Å²) >= 11 is 30.5. The number of allylic oxidation sites excluding steroid dienone is 4. The van der Waals surface area contributed by atoms with E-state index in [9.17, 15) is 10.5 Å². The lowest BCUT2D eigenvalue weighted by molar-refractivity contribution is 0.505. The standard InChI is InChI=1S/C56H26Br8N6/c57-29-1-9-45-37(17-29)38-18-30(58)2-10-46(38)67(45)53-28(26-65)25-56(27-66,70-51-15-7-35(63)23-43(51)44-24-36(64)8-16-52(44)70)55(69-49-13-5-33(61)21-41(49)42-22-34(62)6-14-50(42)69)54(53)68-47-11-3-31(59)19-39(47)40-20-32(60)4-12-48(40)68/h1-24H,25H2. The lowest BCUT2D eigenvalue weighted by Gasteiger charge is -2.40. The molecular formula is C56H26Br8N6. The molecule has 4 aromatic heterocycles. The van der Waals surface area contributed by atoms with Gasteiger partial charge in [-0.25, -0.2) is 0 Å². The van der Waals surface area contributed by atoms with Crippen LogP contribution in [0.2, 0.25) is 0 Å². The molecule has 14 heteroatoms. The van der Waals surface area contributed by atoms with Crippen LogP contribution in [0, 0.1) is 22.7 Å². The van der Waals surface area contributed by atoms with Gasteiger partial charge in [-0.2, -0.15) is 10.5 Å². The van der Waals surface area contributed by atoms with Crippen molar-refractivity contribution in [2.24, 2.45) is 0 Å². The van der Waals surface area contributed by atoms with Crippen LogP contribution in [-0.2, 0) is 5.54 Å². The highest BCUT2D eigenvalue weighted by molar-refractivity contribution is 9.11. The van der Waals surface area contributed by atoms with Crippen molar-refractivity contribution < 1.29 is 0 Å². The fourth-order valence-corrected chi connectivity index (χ4v) is 13.9. The Bertz CT molecular complexity index is 4300. The number of benzene rings is 8. The predicted molar refractivity (Wildman–Crippen MR) is 316 cm³/mol.